The number of rotatable bonds is 7. The second-order valence-corrected chi connectivity index (χ2v) is 12.3. The van der Waals surface area contributed by atoms with E-state index in [1.807, 2.05) is 12.1 Å². The SMILES string of the molecule is COc1ccc(N2CCN(c3nc(CN(C)C)cc(Nc4cc(C(C)(C)C)ccc4C)n3)CC2(C)C)cc1. The zero-order chi connectivity index (χ0) is 27.7. The third-order valence-electron chi connectivity index (χ3n) is 7.18. The molecule has 2 heterocycles. The Morgan fingerprint density at radius 2 is 1.71 bits per heavy atom. The molecule has 0 unspecified atom stereocenters. The van der Waals surface area contributed by atoms with Gasteiger partial charge < -0.3 is 24.8 Å². The Hall–Kier alpha value is -3.32. The zero-order valence-corrected chi connectivity index (χ0v) is 24.6. The zero-order valence-electron chi connectivity index (χ0n) is 24.6. The number of benzene rings is 2. The smallest absolute Gasteiger partial charge is 0.227 e. The van der Waals surface area contributed by atoms with E-state index in [2.05, 4.69) is 112 Å². The summed E-state index contributed by atoms with van der Waals surface area (Å²) in [6.07, 6.45) is 0. The van der Waals surface area contributed by atoms with Gasteiger partial charge in [-0.25, -0.2) is 4.98 Å². The predicted molar refractivity (Wildman–Crippen MR) is 159 cm³/mol. The van der Waals surface area contributed by atoms with Gasteiger partial charge in [0.15, 0.2) is 0 Å². The molecule has 1 N–H and O–H groups in total. The molecule has 7 heteroatoms. The van der Waals surface area contributed by atoms with Gasteiger partial charge in [-0.15, -0.1) is 0 Å². The van der Waals surface area contributed by atoms with E-state index in [1.54, 1.807) is 7.11 Å². The third kappa shape index (κ3) is 6.38. The van der Waals surface area contributed by atoms with Crippen molar-refractivity contribution >= 4 is 23.1 Å². The molecule has 0 saturated carbocycles. The van der Waals surface area contributed by atoms with Gasteiger partial charge in [0.2, 0.25) is 5.95 Å². The van der Waals surface area contributed by atoms with Gasteiger partial charge in [-0.2, -0.15) is 4.98 Å². The molecule has 3 aromatic rings. The van der Waals surface area contributed by atoms with E-state index in [9.17, 15) is 0 Å². The van der Waals surface area contributed by atoms with Crippen molar-refractivity contribution in [3.63, 3.8) is 0 Å². The molecule has 0 radical (unpaired) electrons. The van der Waals surface area contributed by atoms with Crippen molar-refractivity contribution in [3.8, 4) is 5.75 Å². The molecule has 2 aromatic carbocycles. The van der Waals surface area contributed by atoms with Gasteiger partial charge in [0.1, 0.15) is 11.6 Å². The van der Waals surface area contributed by atoms with Crippen LogP contribution < -0.4 is 19.9 Å². The minimum atomic E-state index is -0.0982. The largest absolute Gasteiger partial charge is 0.497 e. The number of hydrogen-bond donors (Lipinski definition) is 1. The lowest BCUT2D eigenvalue weighted by Crippen LogP contribution is -2.60. The molecule has 0 atom stereocenters. The molecule has 4 rings (SSSR count). The van der Waals surface area contributed by atoms with Crippen LogP contribution in [0.5, 0.6) is 5.75 Å². The maximum atomic E-state index is 5.35. The molecule has 204 valence electrons. The molecular weight excluding hydrogens is 472 g/mol. The van der Waals surface area contributed by atoms with Crippen LogP contribution in [0.4, 0.5) is 23.1 Å². The van der Waals surface area contributed by atoms with Crippen molar-refractivity contribution in [1.29, 1.82) is 0 Å². The Morgan fingerprint density at radius 3 is 2.32 bits per heavy atom. The van der Waals surface area contributed by atoms with Crippen LogP contribution in [0.2, 0.25) is 0 Å². The number of aryl methyl sites for hydroxylation is 1. The minimum Gasteiger partial charge on any atom is -0.497 e. The van der Waals surface area contributed by atoms with Gasteiger partial charge in [-0.1, -0.05) is 32.9 Å². The Labute approximate surface area is 228 Å². The molecular formula is C31H44N6O. The van der Waals surface area contributed by atoms with Crippen LogP contribution in [0.15, 0.2) is 48.5 Å². The molecule has 1 saturated heterocycles. The van der Waals surface area contributed by atoms with Crippen LogP contribution in [0.1, 0.15) is 51.4 Å². The standard InChI is InChI=1S/C31H44N6O/c1-22-10-11-23(30(2,3)4)18-27(22)33-28-19-24(20-35(7)8)32-29(34-28)36-16-17-37(31(5,6)21-36)25-12-14-26(38-9)15-13-25/h10-15,18-19H,16-17,20-21H2,1-9H3,(H,32,33,34). The lowest BCUT2D eigenvalue weighted by atomic mass is 9.86. The molecule has 0 amide bonds. The van der Waals surface area contributed by atoms with E-state index in [1.165, 1.54) is 16.8 Å². The fraction of sp³-hybridized carbons (Fsp3) is 0.484. The van der Waals surface area contributed by atoms with E-state index in [4.69, 9.17) is 14.7 Å². The van der Waals surface area contributed by atoms with Gasteiger partial charge in [0.25, 0.3) is 0 Å². The lowest BCUT2D eigenvalue weighted by molar-refractivity contribution is 0.393. The number of piperazine rings is 1. The molecule has 38 heavy (non-hydrogen) atoms. The summed E-state index contributed by atoms with van der Waals surface area (Å²) >= 11 is 0. The summed E-state index contributed by atoms with van der Waals surface area (Å²) in [6, 6.07) is 17.1. The highest BCUT2D eigenvalue weighted by Gasteiger charge is 2.35. The Bertz CT molecular complexity index is 1250. The number of nitrogens with one attached hydrogen (secondary N) is 1. The average Bonchev–Trinajstić information content (AvgIpc) is 2.83. The summed E-state index contributed by atoms with van der Waals surface area (Å²) in [4.78, 5) is 17.0. The minimum absolute atomic E-state index is 0.0756. The number of aromatic nitrogens is 2. The van der Waals surface area contributed by atoms with Crippen LogP contribution in [-0.4, -0.2) is 61.2 Å². The third-order valence-corrected chi connectivity index (χ3v) is 7.18. The van der Waals surface area contributed by atoms with Crippen molar-refractivity contribution in [3.05, 3.63) is 65.4 Å². The van der Waals surface area contributed by atoms with E-state index in [-0.39, 0.29) is 11.0 Å². The first-order chi connectivity index (χ1) is 17.9. The van der Waals surface area contributed by atoms with Crippen LogP contribution in [0.3, 0.4) is 0 Å². The molecule has 0 spiro atoms. The van der Waals surface area contributed by atoms with Gasteiger partial charge in [-0.05, 0) is 81.7 Å². The van der Waals surface area contributed by atoms with Crippen LogP contribution >= 0.6 is 0 Å². The summed E-state index contributed by atoms with van der Waals surface area (Å²) in [5.74, 6) is 2.48. The van der Waals surface area contributed by atoms with Crippen molar-refractivity contribution in [2.45, 2.75) is 59.0 Å². The highest BCUT2D eigenvalue weighted by Crippen LogP contribution is 2.32. The Balaban J connectivity index is 1.62. The highest BCUT2D eigenvalue weighted by atomic mass is 16.5. The van der Waals surface area contributed by atoms with Crippen LogP contribution in [0.25, 0.3) is 0 Å². The van der Waals surface area contributed by atoms with E-state index in [0.29, 0.717) is 0 Å². The maximum Gasteiger partial charge on any atom is 0.227 e. The summed E-state index contributed by atoms with van der Waals surface area (Å²) in [5, 5.41) is 3.63. The normalized spacial score (nSPS) is 15.6. The first kappa shape index (κ1) is 27.7. The quantitative estimate of drug-likeness (QED) is 0.413. The predicted octanol–water partition coefficient (Wildman–Crippen LogP) is 6.00. The Kier molecular flexibility index (Phi) is 7.88. The van der Waals surface area contributed by atoms with Gasteiger partial charge >= 0.3 is 0 Å². The fourth-order valence-electron chi connectivity index (χ4n) is 5.02. The molecule has 1 aliphatic heterocycles. The van der Waals surface area contributed by atoms with Crippen molar-refractivity contribution in [2.24, 2.45) is 0 Å². The molecule has 0 aliphatic carbocycles. The lowest BCUT2D eigenvalue weighted by Gasteiger charge is -2.48. The first-order valence-corrected chi connectivity index (χ1v) is 13.4. The first-order valence-electron chi connectivity index (χ1n) is 13.4. The number of hydrogen-bond acceptors (Lipinski definition) is 7. The summed E-state index contributed by atoms with van der Waals surface area (Å²) in [5.41, 5.74) is 5.76. The van der Waals surface area contributed by atoms with E-state index >= 15 is 0 Å². The maximum absolute atomic E-state index is 5.35. The summed E-state index contributed by atoms with van der Waals surface area (Å²) < 4.78 is 5.35. The molecule has 1 aromatic heterocycles. The van der Waals surface area contributed by atoms with Gasteiger partial charge in [0.05, 0.1) is 18.3 Å². The van der Waals surface area contributed by atoms with Gasteiger partial charge in [-0.3, -0.25) is 0 Å². The highest BCUT2D eigenvalue weighted by molar-refractivity contribution is 5.63. The Morgan fingerprint density at radius 1 is 1.00 bits per heavy atom. The number of nitrogens with zero attached hydrogens (tertiary/aromatic N) is 5. The van der Waals surface area contributed by atoms with Crippen molar-refractivity contribution < 1.29 is 4.74 Å². The molecule has 1 aliphatic rings. The van der Waals surface area contributed by atoms with E-state index < -0.39 is 0 Å². The number of anilines is 4. The second kappa shape index (κ2) is 10.8. The van der Waals surface area contributed by atoms with Crippen molar-refractivity contribution in [2.75, 3.05) is 56.0 Å². The summed E-state index contributed by atoms with van der Waals surface area (Å²) in [6.45, 7) is 16.7. The number of ether oxygens (including phenoxy) is 1. The topological polar surface area (TPSA) is 56.8 Å². The monoisotopic (exact) mass is 516 g/mol. The number of methoxy groups -OCH3 is 1. The van der Waals surface area contributed by atoms with Gasteiger partial charge in [0, 0.05) is 43.6 Å². The molecule has 7 nitrogen and oxygen atoms in total. The van der Waals surface area contributed by atoms with Crippen LogP contribution in [-0.2, 0) is 12.0 Å². The van der Waals surface area contributed by atoms with Crippen LogP contribution in [0, 0.1) is 6.92 Å². The summed E-state index contributed by atoms with van der Waals surface area (Å²) in [7, 11) is 5.85. The van der Waals surface area contributed by atoms with E-state index in [0.717, 1.165) is 55.1 Å². The second-order valence-electron chi connectivity index (χ2n) is 12.3. The average molecular weight is 517 g/mol. The van der Waals surface area contributed by atoms with Crippen molar-refractivity contribution in [1.82, 2.24) is 14.9 Å². The molecule has 1 fully saturated rings. The molecule has 0 bridgehead atoms. The fourth-order valence-corrected chi connectivity index (χ4v) is 5.02.